The molecule has 1 aromatic rings. The lowest BCUT2D eigenvalue weighted by molar-refractivity contribution is 0.314. The van der Waals surface area contributed by atoms with Crippen molar-refractivity contribution in [3.05, 3.63) is 24.0 Å². The van der Waals surface area contributed by atoms with E-state index in [1.54, 1.807) is 0 Å². The van der Waals surface area contributed by atoms with Crippen molar-refractivity contribution in [3.8, 4) is 0 Å². The molecule has 2 atom stereocenters. The normalized spacial score (nSPS) is 22.1. The topological polar surface area (TPSA) is 45.4 Å². The summed E-state index contributed by atoms with van der Waals surface area (Å²) in [5, 5.41) is 0. The molecule has 1 fully saturated rings. The van der Waals surface area contributed by atoms with Crippen LogP contribution in [0.3, 0.4) is 0 Å². The van der Waals surface area contributed by atoms with Gasteiger partial charge < -0.3 is 15.5 Å². The Hall–Kier alpha value is -1.13. The number of nitrogens with two attached hydrogens (primary N) is 1. The minimum absolute atomic E-state index is 0.00493. The van der Waals surface area contributed by atoms with Gasteiger partial charge in [0.15, 0.2) is 0 Å². The first-order valence-electron chi connectivity index (χ1n) is 6.71. The molecule has 1 aromatic heterocycles. The fourth-order valence-electron chi connectivity index (χ4n) is 2.52. The highest BCUT2D eigenvalue weighted by Crippen LogP contribution is 2.19. The first kappa shape index (κ1) is 13.3. The zero-order valence-corrected chi connectivity index (χ0v) is 11.6. The molecular formula is C14H24N4. The zero-order chi connectivity index (χ0) is 13.1. The summed E-state index contributed by atoms with van der Waals surface area (Å²) in [5.41, 5.74) is 7.92. The van der Waals surface area contributed by atoms with E-state index in [9.17, 15) is 0 Å². The molecule has 1 saturated heterocycles. The summed E-state index contributed by atoms with van der Waals surface area (Å²) < 4.78 is 0. The average Bonchev–Trinajstić information content (AvgIpc) is 2.75. The van der Waals surface area contributed by atoms with Crippen molar-refractivity contribution in [3.63, 3.8) is 0 Å². The number of hydrogen-bond donors (Lipinski definition) is 1. The highest BCUT2D eigenvalue weighted by atomic mass is 15.2. The van der Waals surface area contributed by atoms with Crippen molar-refractivity contribution in [2.24, 2.45) is 5.73 Å². The molecule has 0 amide bonds. The van der Waals surface area contributed by atoms with E-state index in [4.69, 9.17) is 5.73 Å². The van der Waals surface area contributed by atoms with Crippen molar-refractivity contribution in [1.82, 2.24) is 9.88 Å². The van der Waals surface area contributed by atoms with Gasteiger partial charge in [0.05, 0.1) is 17.6 Å². The Kier molecular flexibility index (Phi) is 4.19. The Morgan fingerprint density at radius 1 is 1.56 bits per heavy atom. The fraction of sp³-hybridized carbons (Fsp3) is 0.643. The lowest BCUT2D eigenvalue weighted by Gasteiger charge is -2.27. The van der Waals surface area contributed by atoms with Crippen LogP contribution in [-0.4, -0.2) is 43.1 Å². The highest BCUT2D eigenvalue weighted by Gasteiger charge is 2.22. The van der Waals surface area contributed by atoms with Gasteiger partial charge in [0.1, 0.15) is 0 Å². The Bertz CT molecular complexity index is 374. The van der Waals surface area contributed by atoms with E-state index in [1.807, 2.05) is 19.2 Å². The molecule has 100 valence electrons. The van der Waals surface area contributed by atoms with Crippen LogP contribution < -0.4 is 10.6 Å². The van der Waals surface area contributed by atoms with Crippen LogP contribution in [0, 0.1) is 0 Å². The summed E-state index contributed by atoms with van der Waals surface area (Å²) >= 11 is 0. The van der Waals surface area contributed by atoms with E-state index in [0.29, 0.717) is 6.04 Å². The van der Waals surface area contributed by atoms with Crippen LogP contribution in [0.4, 0.5) is 5.69 Å². The largest absolute Gasteiger partial charge is 0.372 e. The lowest BCUT2D eigenvalue weighted by atomic mass is 10.2. The van der Waals surface area contributed by atoms with Gasteiger partial charge in [0.2, 0.25) is 0 Å². The van der Waals surface area contributed by atoms with Crippen molar-refractivity contribution >= 4 is 5.69 Å². The molecule has 2 rings (SSSR count). The summed E-state index contributed by atoms with van der Waals surface area (Å²) in [6.07, 6.45) is 4.54. The van der Waals surface area contributed by atoms with Gasteiger partial charge in [-0.3, -0.25) is 4.98 Å². The molecule has 0 aliphatic carbocycles. The number of pyridine rings is 1. The molecule has 1 unspecified atom stereocenters. The van der Waals surface area contributed by atoms with Gasteiger partial charge >= 0.3 is 0 Å². The SMILES string of the molecule is C[C@@H](N)c1ccc(N(C)CC2CCCN2C)cn1. The van der Waals surface area contributed by atoms with E-state index in [1.165, 1.54) is 25.1 Å². The molecule has 4 nitrogen and oxygen atoms in total. The van der Waals surface area contributed by atoms with E-state index >= 15 is 0 Å². The third-order valence-corrected chi connectivity index (χ3v) is 3.83. The standard InChI is InChI=1S/C14H24N4/c1-11(15)14-7-6-12(9-16-14)18(3)10-13-5-4-8-17(13)2/h6-7,9,11,13H,4-5,8,10,15H2,1-3H3/t11-,13?/m1/s1. The number of aromatic nitrogens is 1. The molecule has 0 bridgehead atoms. The van der Waals surface area contributed by atoms with Crippen LogP contribution in [-0.2, 0) is 0 Å². The molecule has 1 aliphatic rings. The molecule has 0 aromatic carbocycles. The van der Waals surface area contributed by atoms with Gasteiger partial charge in [0, 0.05) is 25.7 Å². The van der Waals surface area contributed by atoms with Gasteiger partial charge in [-0.2, -0.15) is 0 Å². The molecule has 4 heteroatoms. The van der Waals surface area contributed by atoms with E-state index in [-0.39, 0.29) is 6.04 Å². The van der Waals surface area contributed by atoms with Gasteiger partial charge in [-0.25, -0.2) is 0 Å². The second kappa shape index (κ2) is 5.67. The summed E-state index contributed by atoms with van der Waals surface area (Å²) in [6.45, 7) is 4.25. The molecular weight excluding hydrogens is 224 g/mol. The van der Waals surface area contributed by atoms with Crippen LogP contribution in [0.15, 0.2) is 18.3 Å². The number of rotatable bonds is 4. The predicted octanol–water partition coefficient (Wildman–Crippen LogP) is 1.63. The molecule has 0 saturated carbocycles. The Morgan fingerprint density at radius 2 is 2.33 bits per heavy atom. The van der Waals surface area contributed by atoms with Crippen LogP contribution >= 0.6 is 0 Å². The minimum atomic E-state index is 0.00493. The summed E-state index contributed by atoms with van der Waals surface area (Å²) in [4.78, 5) is 9.14. The van der Waals surface area contributed by atoms with Crippen LogP contribution in [0.5, 0.6) is 0 Å². The van der Waals surface area contributed by atoms with E-state index in [0.717, 1.165) is 12.2 Å². The summed E-state index contributed by atoms with van der Waals surface area (Å²) in [6, 6.07) is 4.81. The molecule has 1 aliphatic heterocycles. The van der Waals surface area contributed by atoms with Crippen LogP contribution in [0.1, 0.15) is 31.5 Å². The maximum Gasteiger partial charge on any atom is 0.0569 e. The average molecular weight is 248 g/mol. The lowest BCUT2D eigenvalue weighted by Crippen LogP contribution is -2.36. The van der Waals surface area contributed by atoms with E-state index < -0.39 is 0 Å². The van der Waals surface area contributed by atoms with Gasteiger partial charge in [-0.05, 0) is 45.5 Å². The van der Waals surface area contributed by atoms with Gasteiger partial charge in [0.25, 0.3) is 0 Å². The van der Waals surface area contributed by atoms with Crippen LogP contribution in [0.2, 0.25) is 0 Å². The van der Waals surface area contributed by atoms with Crippen molar-refractivity contribution < 1.29 is 0 Å². The summed E-state index contributed by atoms with van der Waals surface area (Å²) in [5.74, 6) is 0. The van der Waals surface area contributed by atoms with Crippen molar-refractivity contribution in [2.75, 3.05) is 32.1 Å². The molecule has 2 N–H and O–H groups in total. The van der Waals surface area contributed by atoms with Crippen molar-refractivity contribution in [1.29, 1.82) is 0 Å². The second-order valence-corrected chi connectivity index (χ2v) is 5.39. The highest BCUT2D eigenvalue weighted by molar-refractivity contribution is 5.44. The monoisotopic (exact) mass is 248 g/mol. The number of nitrogens with zero attached hydrogens (tertiary/aromatic N) is 3. The quantitative estimate of drug-likeness (QED) is 0.879. The van der Waals surface area contributed by atoms with E-state index in [2.05, 4.69) is 34.9 Å². The Balaban J connectivity index is 1.98. The maximum atomic E-state index is 5.81. The Labute approximate surface area is 110 Å². The Morgan fingerprint density at radius 3 is 2.83 bits per heavy atom. The smallest absolute Gasteiger partial charge is 0.0569 e. The number of likely N-dealkylation sites (tertiary alicyclic amines) is 1. The van der Waals surface area contributed by atoms with Gasteiger partial charge in [-0.15, -0.1) is 0 Å². The van der Waals surface area contributed by atoms with Crippen molar-refractivity contribution in [2.45, 2.75) is 31.8 Å². The number of likely N-dealkylation sites (N-methyl/N-ethyl adjacent to an activating group) is 2. The minimum Gasteiger partial charge on any atom is -0.372 e. The number of anilines is 1. The maximum absolute atomic E-state index is 5.81. The fourth-order valence-corrected chi connectivity index (χ4v) is 2.52. The number of hydrogen-bond acceptors (Lipinski definition) is 4. The third kappa shape index (κ3) is 3.00. The third-order valence-electron chi connectivity index (χ3n) is 3.83. The summed E-state index contributed by atoms with van der Waals surface area (Å²) in [7, 11) is 4.34. The molecule has 2 heterocycles. The zero-order valence-electron chi connectivity index (χ0n) is 11.6. The molecule has 18 heavy (non-hydrogen) atoms. The van der Waals surface area contributed by atoms with Crippen LogP contribution in [0.25, 0.3) is 0 Å². The molecule has 0 radical (unpaired) electrons. The van der Waals surface area contributed by atoms with Gasteiger partial charge in [-0.1, -0.05) is 0 Å². The second-order valence-electron chi connectivity index (χ2n) is 5.39. The first-order chi connectivity index (χ1) is 8.58. The first-order valence-corrected chi connectivity index (χ1v) is 6.71. The predicted molar refractivity (Wildman–Crippen MR) is 75.8 cm³/mol. The molecule has 0 spiro atoms.